The number of H-pyrrole nitrogens is 1. The number of fused-ring (bicyclic) bond motifs is 1. The molecule has 0 unspecified atom stereocenters. The predicted octanol–water partition coefficient (Wildman–Crippen LogP) is 4.08. The SMILES string of the molecule is CNCCN1CCC(c2cc(C)c3nc(-c4ccc(OC)c(F)c4)[nH]c3c2)CC1. The molecule has 0 amide bonds. The fourth-order valence-electron chi connectivity index (χ4n) is 4.26. The summed E-state index contributed by atoms with van der Waals surface area (Å²) in [6.07, 6.45) is 2.36. The van der Waals surface area contributed by atoms with E-state index in [2.05, 4.69) is 34.3 Å². The van der Waals surface area contributed by atoms with Crippen molar-refractivity contribution in [3.05, 3.63) is 47.3 Å². The van der Waals surface area contributed by atoms with Gasteiger partial charge < -0.3 is 19.9 Å². The summed E-state index contributed by atoms with van der Waals surface area (Å²) in [6, 6.07) is 9.44. The molecule has 5 nitrogen and oxygen atoms in total. The van der Waals surface area contributed by atoms with Crippen molar-refractivity contribution in [1.82, 2.24) is 20.2 Å². The highest BCUT2D eigenvalue weighted by Crippen LogP contribution is 2.33. The molecule has 2 aromatic carbocycles. The summed E-state index contributed by atoms with van der Waals surface area (Å²) in [7, 11) is 3.47. The Balaban J connectivity index is 1.57. The Morgan fingerprint density at radius 3 is 2.72 bits per heavy atom. The fourth-order valence-corrected chi connectivity index (χ4v) is 4.26. The van der Waals surface area contributed by atoms with Gasteiger partial charge in [-0.1, -0.05) is 6.07 Å². The molecule has 2 N–H and O–H groups in total. The van der Waals surface area contributed by atoms with E-state index >= 15 is 0 Å². The first-order chi connectivity index (χ1) is 14.1. The maximum absolute atomic E-state index is 14.1. The molecule has 1 aliphatic rings. The lowest BCUT2D eigenvalue weighted by atomic mass is 9.88. The van der Waals surface area contributed by atoms with Crippen LogP contribution in [-0.2, 0) is 0 Å². The number of benzene rings is 2. The van der Waals surface area contributed by atoms with Gasteiger partial charge in [-0.3, -0.25) is 0 Å². The molecule has 3 aromatic rings. The number of hydrogen-bond donors (Lipinski definition) is 2. The molecule has 1 aromatic heterocycles. The molecular formula is C23H29FN4O. The molecule has 2 heterocycles. The van der Waals surface area contributed by atoms with Crippen molar-refractivity contribution in [3.8, 4) is 17.1 Å². The van der Waals surface area contributed by atoms with E-state index in [9.17, 15) is 4.39 Å². The number of halogens is 1. The number of likely N-dealkylation sites (N-methyl/N-ethyl adjacent to an activating group) is 1. The van der Waals surface area contributed by atoms with E-state index in [1.807, 2.05) is 13.1 Å². The lowest BCUT2D eigenvalue weighted by Gasteiger charge is -2.32. The number of imidazole rings is 1. The molecule has 0 atom stereocenters. The van der Waals surface area contributed by atoms with Crippen molar-refractivity contribution < 1.29 is 9.13 Å². The summed E-state index contributed by atoms with van der Waals surface area (Å²) >= 11 is 0. The molecule has 4 rings (SSSR count). The first-order valence-corrected chi connectivity index (χ1v) is 10.3. The normalized spacial score (nSPS) is 15.9. The minimum absolute atomic E-state index is 0.240. The monoisotopic (exact) mass is 396 g/mol. The van der Waals surface area contributed by atoms with Gasteiger partial charge in [0.25, 0.3) is 0 Å². The molecule has 1 saturated heterocycles. The van der Waals surface area contributed by atoms with Crippen LogP contribution in [0.5, 0.6) is 5.75 Å². The third kappa shape index (κ3) is 4.14. The Bertz CT molecular complexity index is 992. The van der Waals surface area contributed by atoms with Crippen LogP contribution >= 0.6 is 0 Å². The number of nitrogens with one attached hydrogen (secondary N) is 2. The molecule has 1 fully saturated rings. The lowest BCUT2D eigenvalue weighted by molar-refractivity contribution is 0.214. The van der Waals surface area contributed by atoms with Crippen LogP contribution in [0.3, 0.4) is 0 Å². The van der Waals surface area contributed by atoms with Crippen molar-refractivity contribution in [2.45, 2.75) is 25.7 Å². The Hall–Kier alpha value is -2.44. The van der Waals surface area contributed by atoms with Crippen LogP contribution in [0.1, 0.15) is 29.9 Å². The van der Waals surface area contributed by atoms with Crippen molar-refractivity contribution in [2.24, 2.45) is 0 Å². The Kier molecular flexibility index (Phi) is 5.83. The number of hydrogen-bond acceptors (Lipinski definition) is 4. The smallest absolute Gasteiger partial charge is 0.165 e. The number of ether oxygens (including phenoxy) is 1. The zero-order valence-corrected chi connectivity index (χ0v) is 17.4. The van der Waals surface area contributed by atoms with E-state index in [1.165, 1.54) is 31.6 Å². The van der Waals surface area contributed by atoms with Crippen LogP contribution in [0.15, 0.2) is 30.3 Å². The van der Waals surface area contributed by atoms with E-state index in [0.717, 1.165) is 48.3 Å². The predicted molar refractivity (Wildman–Crippen MR) is 115 cm³/mol. The molecule has 6 heteroatoms. The Morgan fingerprint density at radius 1 is 1.24 bits per heavy atom. The minimum atomic E-state index is -0.382. The number of likely N-dealkylation sites (tertiary alicyclic amines) is 1. The minimum Gasteiger partial charge on any atom is -0.494 e. The first kappa shape index (κ1) is 19.9. The second kappa shape index (κ2) is 8.51. The molecule has 0 radical (unpaired) electrons. The average molecular weight is 397 g/mol. The van der Waals surface area contributed by atoms with Crippen molar-refractivity contribution in [1.29, 1.82) is 0 Å². The summed E-state index contributed by atoms with van der Waals surface area (Å²) < 4.78 is 19.1. The van der Waals surface area contributed by atoms with Crippen LogP contribution in [-0.4, -0.2) is 55.2 Å². The van der Waals surface area contributed by atoms with E-state index in [-0.39, 0.29) is 11.6 Å². The lowest BCUT2D eigenvalue weighted by Crippen LogP contribution is -2.37. The summed E-state index contributed by atoms with van der Waals surface area (Å²) in [5.74, 6) is 1.12. The number of rotatable bonds is 6. The Labute approximate surface area is 171 Å². The molecule has 0 aliphatic carbocycles. The van der Waals surface area contributed by atoms with Gasteiger partial charge in [-0.2, -0.15) is 0 Å². The van der Waals surface area contributed by atoms with Crippen LogP contribution in [0.2, 0.25) is 0 Å². The van der Waals surface area contributed by atoms with Gasteiger partial charge in [-0.05, 0) is 81.2 Å². The summed E-state index contributed by atoms with van der Waals surface area (Å²) in [5, 5.41) is 3.23. The second-order valence-electron chi connectivity index (χ2n) is 7.89. The second-order valence-corrected chi connectivity index (χ2v) is 7.89. The van der Waals surface area contributed by atoms with E-state index in [4.69, 9.17) is 9.72 Å². The highest BCUT2D eigenvalue weighted by molar-refractivity contribution is 5.83. The molecular weight excluding hydrogens is 367 g/mol. The topological polar surface area (TPSA) is 53.2 Å². The average Bonchev–Trinajstić information content (AvgIpc) is 3.17. The molecule has 154 valence electrons. The van der Waals surface area contributed by atoms with Gasteiger partial charge in [0.1, 0.15) is 5.82 Å². The summed E-state index contributed by atoms with van der Waals surface area (Å²) in [6.45, 7) is 6.54. The van der Waals surface area contributed by atoms with Gasteiger partial charge in [0.15, 0.2) is 11.6 Å². The number of methoxy groups -OCH3 is 1. The summed E-state index contributed by atoms with van der Waals surface area (Å²) in [5.41, 5.74) is 5.22. The number of nitrogens with zero attached hydrogens (tertiary/aromatic N) is 2. The largest absolute Gasteiger partial charge is 0.494 e. The molecule has 0 spiro atoms. The van der Waals surface area contributed by atoms with Gasteiger partial charge in [0.2, 0.25) is 0 Å². The first-order valence-electron chi connectivity index (χ1n) is 10.3. The zero-order valence-electron chi connectivity index (χ0n) is 17.4. The fraction of sp³-hybridized carbons (Fsp3) is 0.435. The number of aromatic amines is 1. The van der Waals surface area contributed by atoms with Crippen LogP contribution < -0.4 is 10.1 Å². The van der Waals surface area contributed by atoms with E-state index in [0.29, 0.717) is 11.7 Å². The maximum atomic E-state index is 14.1. The van der Waals surface area contributed by atoms with Crippen molar-refractivity contribution in [3.63, 3.8) is 0 Å². The van der Waals surface area contributed by atoms with Gasteiger partial charge in [-0.25, -0.2) is 9.37 Å². The van der Waals surface area contributed by atoms with Gasteiger partial charge >= 0.3 is 0 Å². The highest BCUT2D eigenvalue weighted by Gasteiger charge is 2.21. The number of piperidine rings is 1. The molecule has 1 aliphatic heterocycles. The third-order valence-electron chi connectivity index (χ3n) is 5.96. The number of aryl methyl sites for hydroxylation is 1. The van der Waals surface area contributed by atoms with Gasteiger partial charge in [-0.15, -0.1) is 0 Å². The van der Waals surface area contributed by atoms with Crippen LogP contribution in [0, 0.1) is 12.7 Å². The molecule has 0 bridgehead atoms. The van der Waals surface area contributed by atoms with Crippen LogP contribution in [0.25, 0.3) is 22.4 Å². The highest BCUT2D eigenvalue weighted by atomic mass is 19.1. The molecule has 0 saturated carbocycles. The quantitative estimate of drug-likeness (QED) is 0.659. The standard InChI is InChI=1S/C23H29FN4O/c1-15-12-18(16-6-9-28(10-7-16)11-8-25-2)14-20-22(15)27-23(26-20)17-4-5-21(29-3)19(24)13-17/h4-5,12-14,16,25H,6-11H2,1-3H3,(H,26,27). The van der Waals surface area contributed by atoms with E-state index < -0.39 is 0 Å². The summed E-state index contributed by atoms with van der Waals surface area (Å²) in [4.78, 5) is 10.7. The van der Waals surface area contributed by atoms with Gasteiger partial charge in [0, 0.05) is 18.7 Å². The third-order valence-corrected chi connectivity index (χ3v) is 5.96. The maximum Gasteiger partial charge on any atom is 0.165 e. The van der Waals surface area contributed by atoms with Crippen LogP contribution in [0.4, 0.5) is 4.39 Å². The van der Waals surface area contributed by atoms with E-state index in [1.54, 1.807) is 6.07 Å². The van der Waals surface area contributed by atoms with Crippen molar-refractivity contribution >= 4 is 11.0 Å². The zero-order chi connectivity index (χ0) is 20.4. The Morgan fingerprint density at radius 2 is 2.03 bits per heavy atom. The van der Waals surface area contributed by atoms with Crippen molar-refractivity contribution in [2.75, 3.05) is 40.3 Å². The number of aromatic nitrogens is 2. The van der Waals surface area contributed by atoms with Gasteiger partial charge in [0.05, 0.1) is 18.1 Å². The molecule has 29 heavy (non-hydrogen) atoms.